The average Bonchev–Trinajstić information content (AvgIpc) is 3.26. The lowest BCUT2D eigenvalue weighted by Crippen LogP contribution is -2.43. The highest BCUT2D eigenvalue weighted by molar-refractivity contribution is 6.13. The summed E-state index contributed by atoms with van der Waals surface area (Å²) in [4.78, 5) is 25.1. The fourth-order valence-corrected chi connectivity index (χ4v) is 3.24. The van der Waals surface area contributed by atoms with Crippen molar-refractivity contribution in [2.45, 2.75) is 44.6 Å². The van der Waals surface area contributed by atoms with E-state index in [0.29, 0.717) is 30.0 Å². The third-order valence-corrected chi connectivity index (χ3v) is 4.95. The van der Waals surface area contributed by atoms with E-state index in [4.69, 9.17) is 9.47 Å². The van der Waals surface area contributed by atoms with Gasteiger partial charge in [0.15, 0.2) is 11.5 Å². The van der Waals surface area contributed by atoms with Crippen LogP contribution in [0.2, 0.25) is 0 Å². The van der Waals surface area contributed by atoms with E-state index in [1.165, 1.54) is 0 Å². The van der Waals surface area contributed by atoms with E-state index < -0.39 is 5.41 Å². The number of amides is 2. The normalized spacial score (nSPS) is 18.8. The van der Waals surface area contributed by atoms with Crippen LogP contribution in [-0.4, -0.2) is 32.1 Å². The topological polar surface area (TPSA) is 76.7 Å². The first-order valence-electron chi connectivity index (χ1n) is 8.43. The molecule has 3 rings (SSSR count). The second-order valence-electron chi connectivity index (χ2n) is 6.56. The molecule has 6 heteroatoms. The summed E-state index contributed by atoms with van der Waals surface area (Å²) in [5, 5.41) is 5.89. The van der Waals surface area contributed by atoms with Gasteiger partial charge in [0, 0.05) is 17.8 Å². The van der Waals surface area contributed by atoms with Crippen LogP contribution in [0.15, 0.2) is 18.2 Å². The highest BCUT2D eigenvalue weighted by atomic mass is 16.5. The minimum Gasteiger partial charge on any atom is -0.493 e. The van der Waals surface area contributed by atoms with Crippen LogP contribution >= 0.6 is 0 Å². The summed E-state index contributed by atoms with van der Waals surface area (Å²) >= 11 is 0. The number of benzene rings is 1. The summed E-state index contributed by atoms with van der Waals surface area (Å²) in [6.07, 6.45) is 5.53. The molecular weight excluding hydrogens is 308 g/mol. The second-order valence-corrected chi connectivity index (χ2v) is 6.56. The predicted octanol–water partition coefficient (Wildman–Crippen LogP) is 2.48. The van der Waals surface area contributed by atoms with Crippen molar-refractivity contribution >= 4 is 17.5 Å². The third kappa shape index (κ3) is 3.18. The van der Waals surface area contributed by atoms with Gasteiger partial charge in [0.1, 0.15) is 5.41 Å². The van der Waals surface area contributed by atoms with E-state index in [-0.39, 0.29) is 17.9 Å². The van der Waals surface area contributed by atoms with Crippen LogP contribution in [0, 0.1) is 5.41 Å². The Morgan fingerprint density at radius 3 is 2.29 bits per heavy atom. The first-order valence-corrected chi connectivity index (χ1v) is 8.43. The molecule has 0 spiro atoms. The van der Waals surface area contributed by atoms with Crippen molar-refractivity contribution in [2.24, 2.45) is 5.41 Å². The molecule has 0 aromatic heterocycles. The number of carbonyl (C=O) groups excluding carboxylic acids is 2. The molecule has 0 atom stereocenters. The van der Waals surface area contributed by atoms with Crippen LogP contribution in [0.4, 0.5) is 5.69 Å². The van der Waals surface area contributed by atoms with Gasteiger partial charge in [-0.05, 0) is 37.8 Å². The van der Waals surface area contributed by atoms with Gasteiger partial charge >= 0.3 is 0 Å². The maximum atomic E-state index is 12.6. The molecule has 2 amide bonds. The number of carbonyl (C=O) groups is 2. The number of nitrogens with one attached hydrogen (secondary N) is 2. The van der Waals surface area contributed by atoms with E-state index in [2.05, 4.69) is 10.6 Å². The molecule has 0 unspecified atom stereocenters. The van der Waals surface area contributed by atoms with Crippen LogP contribution < -0.4 is 20.1 Å². The Labute approximate surface area is 141 Å². The van der Waals surface area contributed by atoms with Crippen molar-refractivity contribution in [2.75, 3.05) is 19.5 Å². The van der Waals surface area contributed by atoms with Gasteiger partial charge in [0.25, 0.3) is 0 Å². The molecule has 0 radical (unpaired) electrons. The smallest absolute Gasteiger partial charge is 0.240 e. The lowest BCUT2D eigenvalue weighted by molar-refractivity contribution is -0.134. The molecule has 2 fully saturated rings. The Morgan fingerprint density at radius 1 is 1.04 bits per heavy atom. The maximum Gasteiger partial charge on any atom is 0.240 e. The molecule has 0 bridgehead atoms. The second kappa shape index (κ2) is 6.71. The van der Waals surface area contributed by atoms with Crippen LogP contribution in [-0.2, 0) is 9.59 Å². The summed E-state index contributed by atoms with van der Waals surface area (Å²) in [6.45, 7) is 0. The van der Waals surface area contributed by atoms with Crippen molar-refractivity contribution in [1.82, 2.24) is 5.32 Å². The van der Waals surface area contributed by atoms with E-state index in [1.807, 2.05) is 0 Å². The SMILES string of the molecule is COc1ccc(NC(=O)C2(C(=O)NC3CCCC3)CC2)cc1OC. The molecule has 6 nitrogen and oxygen atoms in total. The van der Waals surface area contributed by atoms with Gasteiger partial charge in [-0.25, -0.2) is 0 Å². The number of hydrogen-bond donors (Lipinski definition) is 2. The van der Waals surface area contributed by atoms with Crippen molar-refractivity contribution in [3.05, 3.63) is 18.2 Å². The van der Waals surface area contributed by atoms with Crippen molar-refractivity contribution in [3.63, 3.8) is 0 Å². The average molecular weight is 332 g/mol. The fraction of sp³-hybridized carbons (Fsp3) is 0.556. The monoisotopic (exact) mass is 332 g/mol. The first kappa shape index (κ1) is 16.6. The molecule has 2 N–H and O–H groups in total. The quantitative estimate of drug-likeness (QED) is 0.785. The minimum absolute atomic E-state index is 0.132. The van der Waals surface area contributed by atoms with Crippen LogP contribution in [0.3, 0.4) is 0 Å². The molecule has 2 aliphatic rings. The Balaban J connectivity index is 1.66. The fourth-order valence-electron chi connectivity index (χ4n) is 3.24. The predicted molar refractivity (Wildman–Crippen MR) is 90.2 cm³/mol. The summed E-state index contributed by atoms with van der Waals surface area (Å²) in [5.74, 6) is 0.753. The van der Waals surface area contributed by atoms with Crippen molar-refractivity contribution < 1.29 is 19.1 Å². The summed E-state index contributed by atoms with van der Waals surface area (Å²) < 4.78 is 10.4. The van der Waals surface area contributed by atoms with E-state index in [1.54, 1.807) is 32.4 Å². The van der Waals surface area contributed by atoms with Gasteiger partial charge in [-0.3, -0.25) is 9.59 Å². The molecule has 1 aromatic carbocycles. The third-order valence-electron chi connectivity index (χ3n) is 4.95. The van der Waals surface area contributed by atoms with Crippen LogP contribution in [0.25, 0.3) is 0 Å². The highest BCUT2D eigenvalue weighted by Crippen LogP contribution is 2.47. The van der Waals surface area contributed by atoms with Gasteiger partial charge in [0.05, 0.1) is 14.2 Å². The number of anilines is 1. The van der Waals surface area contributed by atoms with Gasteiger partial charge in [-0.15, -0.1) is 0 Å². The molecule has 2 aliphatic carbocycles. The number of ether oxygens (including phenoxy) is 2. The summed E-state index contributed by atoms with van der Waals surface area (Å²) in [6, 6.07) is 5.39. The Bertz CT molecular complexity index is 634. The lowest BCUT2D eigenvalue weighted by Gasteiger charge is -2.19. The van der Waals surface area contributed by atoms with Gasteiger partial charge in [-0.2, -0.15) is 0 Å². The van der Waals surface area contributed by atoms with Gasteiger partial charge < -0.3 is 20.1 Å². The van der Waals surface area contributed by atoms with Crippen molar-refractivity contribution in [3.8, 4) is 11.5 Å². The molecule has 2 saturated carbocycles. The van der Waals surface area contributed by atoms with Crippen LogP contribution in [0.1, 0.15) is 38.5 Å². The maximum absolute atomic E-state index is 12.6. The highest BCUT2D eigenvalue weighted by Gasteiger charge is 2.56. The van der Waals surface area contributed by atoms with Gasteiger partial charge in [0.2, 0.25) is 11.8 Å². The largest absolute Gasteiger partial charge is 0.493 e. The molecular formula is C18H24N2O4. The number of methoxy groups -OCH3 is 2. The first-order chi connectivity index (χ1) is 11.6. The van der Waals surface area contributed by atoms with E-state index >= 15 is 0 Å². The molecule has 0 saturated heterocycles. The molecule has 0 heterocycles. The molecule has 130 valence electrons. The zero-order chi connectivity index (χ0) is 17.2. The summed E-state index contributed by atoms with van der Waals surface area (Å²) in [5.41, 5.74) is -0.312. The van der Waals surface area contributed by atoms with E-state index in [0.717, 1.165) is 25.7 Å². The lowest BCUT2D eigenvalue weighted by atomic mass is 10.0. The van der Waals surface area contributed by atoms with Crippen LogP contribution in [0.5, 0.6) is 11.5 Å². The standard InChI is InChI=1S/C18H24N2O4/c1-23-14-8-7-13(11-15(14)24-2)20-17(22)18(9-10-18)16(21)19-12-5-3-4-6-12/h7-8,11-12H,3-6,9-10H2,1-2H3,(H,19,21)(H,20,22). The molecule has 24 heavy (non-hydrogen) atoms. The van der Waals surface area contributed by atoms with Crippen molar-refractivity contribution in [1.29, 1.82) is 0 Å². The Hall–Kier alpha value is -2.24. The van der Waals surface area contributed by atoms with Gasteiger partial charge in [-0.1, -0.05) is 12.8 Å². The summed E-state index contributed by atoms with van der Waals surface area (Å²) in [7, 11) is 3.10. The minimum atomic E-state index is -0.907. The Morgan fingerprint density at radius 2 is 1.71 bits per heavy atom. The zero-order valence-corrected chi connectivity index (χ0v) is 14.2. The molecule has 1 aromatic rings. The Kier molecular flexibility index (Phi) is 4.64. The number of hydrogen-bond acceptors (Lipinski definition) is 4. The molecule has 0 aliphatic heterocycles. The van der Waals surface area contributed by atoms with E-state index in [9.17, 15) is 9.59 Å². The zero-order valence-electron chi connectivity index (χ0n) is 14.2. The number of rotatable bonds is 6.